The lowest BCUT2D eigenvalue weighted by molar-refractivity contribution is 0.662. The van der Waals surface area contributed by atoms with Crippen molar-refractivity contribution in [1.29, 1.82) is 0 Å². The van der Waals surface area contributed by atoms with Crippen LogP contribution < -0.4 is 0 Å². The highest BCUT2D eigenvalue weighted by atomic mass is 15.4. The van der Waals surface area contributed by atoms with Gasteiger partial charge in [-0.05, 0) is 25.0 Å². The highest BCUT2D eigenvalue weighted by Gasteiger charge is 2.25. The molecule has 5 rings (SSSR count). The van der Waals surface area contributed by atoms with Crippen LogP contribution in [0.4, 0.5) is 0 Å². The highest BCUT2D eigenvalue weighted by Crippen LogP contribution is 2.34. The quantitative estimate of drug-likeness (QED) is 0.575. The molecule has 25 heavy (non-hydrogen) atoms. The van der Waals surface area contributed by atoms with Crippen molar-refractivity contribution >= 4 is 5.65 Å². The van der Waals surface area contributed by atoms with Crippen molar-refractivity contribution < 1.29 is 0 Å². The van der Waals surface area contributed by atoms with Gasteiger partial charge >= 0.3 is 0 Å². The van der Waals surface area contributed by atoms with Crippen LogP contribution in [-0.4, -0.2) is 39.1 Å². The van der Waals surface area contributed by atoms with E-state index in [1.807, 2.05) is 30.1 Å². The molecule has 1 aliphatic rings. The molecular weight excluding hydrogens is 316 g/mol. The minimum absolute atomic E-state index is 0.434. The second-order valence-electron chi connectivity index (χ2n) is 6.50. The smallest absolute Gasteiger partial charge is 0.183 e. The van der Waals surface area contributed by atoms with Crippen LogP contribution in [0.2, 0.25) is 0 Å². The Bertz CT molecular complexity index is 1030. The Balaban J connectivity index is 1.71. The van der Waals surface area contributed by atoms with Gasteiger partial charge in [0, 0.05) is 19.2 Å². The lowest BCUT2D eigenvalue weighted by Crippen LogP contribution is -2.02. The molecule has 0 bridgehead atoms. The summed E-state index contributed by atoms with van der Waals surface area (Å²) < 4.78 is 5.43. The minimum Gasteiger partial charge on any atom is -0.274 e. The van der Waals surface area contributed by atoms with Crippen LogP contribution in [0.25, 0.3) is 22.9 Å². The topological polar surface area (TPSA) is 78.7 Å². The molecule has 4 aromatic heterocycles. The fourth-order valence-corrected chi connectivity index (χ4v) is 3.53. The normalized spacial score (nSPS) is 15.4. The van der Waals surface area contributed by atoms with Crippen LogP contribution in [0.5, 0.6) is 0 Å². The fraction of sp³-hybridized carbons (Fsp3) is 0.353. The molecule has 0 saturated heterocycles. The number of aryl methyl sites for hydroxylation is 1. The summed E-state index contributed by atoms with van der Waals surface area (Å²) >= 11 is 0. The SMILES string of the molecule is Cn1cc(-n2nc(C3CCCC3)nc2-c2cnc3cccnn23)cn1. The molecule has 4 heterocycles. The maximum Gasteiger partial charge on any atom is 0.183 e. The molecule has 4 aromatic rings. The van der Waals surface area contributed by atoms with Crippen molar-refractivity contribution in [3.63, 3.8) is 0 Å². The summed E-state index contributed by atoms with van der Waals surface area (Å²) in [6.45, 7) is 0. The van der Waals surface area contributed by atoms with E-state index in [2.05, 4.69) is 15.2 Å². The maximum atomic E-state index is 4.88. The standard InChI is InChI=1S/C17H18N8/c1-23-11-13(9-20-23)24-17(21-16(22-24)12-5-2-3-6-12)14-10-18-15-7-4-8-19-25(14)15/h4,7-12H,2-3,5-6H2,1H3. The molecule has 0 aliphatic heterocycles. The molecule has 8 nitrogen and oxygen atoms in total. The van der Waals surface area contributed by atoms with E-state index in [1.54, 1.807) is 27.8 Å². The third kappa shape index (κ3) is 2.33. The van der Waals surface area contributed by atoms with E-state index in [4.69, 9.17) is 10.1 Å². The molecule has 0 unspecified atom stereocenters. The Labute approximate surface area is 144 Å². The number of hydrogen-bond acceptors (Lipinski definition) is 5. The Morgan fingerprint density at radius 2 is 2.00 bits per heavy atom. The van der Waals surface area contributed by atoms with Crippen LogP contribution in [0, 0.1) is 0 Å². The lowest BCUT2D eigenvalue weighted by atomic mass is 10.1. The summed E-state index contributed by atoms with van der Waals surface area (Å²) in [5, 5.41) is 13.5. The van der Waals surface area contributed by atoms with Gasteiger partial charge in [-0.25, -0.2) is 19.2 Å². The van der Waals surface area contributed by atoms with E-state index in [0.717, 1.165) is 41.5 Å². The van der Waals surface area contributed by atoms with Gasteiger partial charge in [0.2, 0.25) is 0 Å². The molecule has 0 N–H and O–H groups in total. The van der Waals surface area contributed by atoms with Gasteiger partial charge in [-0.3, -0.25) is 4.68 Å². The Kier molecular flexibility index (Phi) is 3.16. The molecule has 1 fully saturated rings. The zero-order chi connectivity index (χ0) is 16.8. The van der Waals surface area contributed by atoms with Gasteiger partial charge in [0.25, 0.3) is 0 Å². The lowest BCUT2D eigenvalue weighted by Gasteiger charge is -2.02. The van der Waals surface area contributed by atoms with Crippen molar-refractivity contribution in [2.45, 2.75) is 31.6 Å². The van der Waals surface area contributed by atoms with E-state index in [-0.39, 0.29) is 0 Å². The molecular formula is C17H18N8. The third-order valence-corrected chi connectivity index (χ3v) is 4.79. The van der Waals surface area contributed by atoms with E-state index in [9.17, 15) is 0 Å². The Hall–Kier alpha value is -3.03. The summed E-state index contributed by atoms with van der Waals surface area (Å²) in [6, 6.07) is 3.81. The number of nitrogens with zero attached hydrogens (tertiary/aromatic N) is 8. The summed E-state index contributed by atoms with van der Waals surface area (Å²) in [4.78, 5) is 9.32. The van der Waals surface area contributed by atoms with Gasteiger partial charge in [0.15, 0.2) is 17.3 Å². The zero-order valence-corrected chi connectivity index (χ0v) is 13.9. The maximum absolute atomic E-state index is 4.88. The fourth-order valence-electron chi connectivity index (χ4n) is 3.53. The number of hydrogen-bond donors (Lipinski definition) is 0. The van der Waals surface area contributed by atoms with Crippen molar-refractivity contribution in [2.75, 3.05) is 0 Å². The van der Waals surface area contributed by atoms with Crippen LogP contribution in [0.1, 0.15) is 37.4 Å². The third-order valence-electron chi connectivity index (χ3n) is 4.79. The van der Waals surface area contributed by atoms with Gasteiger partial charge in [0.1, 0.15) is 11.4 Å². The van der Waals surface area contributed by atoms with Gasteiger partial charge in [-0.15, -0.1) is 0 Å². The van der Waals surface area contributed by atoms with Crippen LogP contribution in [0.3, 0.4) is 0 Å². The molecule has 1 aliphatic carbocycles. The first kappa shape index (κ1) is 14.3. The van der Waals surface area contributed by atoms with Gasteiger partial charge < -0.3 is 0 Å². The molecule has 0 spiro atoms. The largest absolute Gasteiger partial charge is 0.274 e. The highest BCUT2D eigenvalue weighted by molar-refractivity contribution is 5.58. The molecule has 0 amide bonds. The van der Waals surface area contributed by atoms with Crippen molar-refractivity contribution in [1.82, 2.24) is 39.1 Å². The first-order chi connectivity index (χ1) is 12.3. The molecule has 0 atom stereocenters. The van der Waals surface area contributed by atoms with E-state index >= 15 is 0 Å². The van der Waals surface area contributed by atoms with E-state index in [0.29, 0.717) is 5.92 Å². The Morgan fingerprint density at radius 1 is 1.12 bits per heavy atom. The molecule has 0 radical (unpaired) electrons. The number of aromatic nitrogens is 8. The average molecular weight is 334 g/mol. The first-order valence-electron chi connectivity index (χ1n) is 8.55. The summed E-state index contributed by atoms with van der Waals surface area (Å²) in [5.74, 6) is 2.09. The monoisotopic (exact) mass is 334 g/mol. The number of rotatable bonds is 3. The van der Waals surface area contributed by atoms with Crippen molar-refractivity contribution in [3.8, 4) is 17.2 Å². The average Bonchev–Trinajstić information content (AvgIpc) is 3.39. The van der Waals surface area contributed by atoms with Crippen molar-refractivity contribution in [2.24, 2.45) is 7.05 Å². The molecule has 8 heteroatoms. The first-order valence-corrected chi connectivity index (χ1v) is 8.55. The van der Waals surface area contributed by atoms with Gasteiger partial charge in [0.05, 0.1) is 18.6 Å². The number of fused-ring (bicyclic) bond motifs is 1. The van der Waals surface area contributed by atoms with Crippen LogP contribution in [0.15, 0.2) is 36.9 Å². The van der Waals surface area contributed by atoms with Crippen molar-refractivity contribution in [3.05, 3.63) is 42.7 Å². The Morgan fingerprint density at radius 3 is 2.80 bits per heavy atom. The van der Waals surface area contributed by atoms with Gasteiger partial charge in [-0.2, -0.15) is 15.3 Å². The number of imidazole rings is 1. The van der Waals surface area contributed by atoms with E-state index in [1.165, 1.54) is 12.8 Å². The molecule has 1 saturated carbocycles. The summed E-state index contributed by atoms with van der Waals surface area (Å²) in [7, 11) is 1.90. The predicted molar refractivity (Wildman–Crippen MR) is 91.3 cm³/mol. The zero-order valence-electron chi connectivity index (χ0n) is 13.9. The van der Waals surface area contributed by atoms with Gasteiger partial charge in [-0.1, -0.05) is 12.8 Å². The molecule has 126 valence electrons. The summed E-state index contributed by atoms with van der Waals surface area (Å²) in [5.41, 5.74) is 2.51. The van der Waals surface area contributed by atoms with Crippen LogP contribution >= 0.6 is 0 Å². The van der Waals surface area contributed by atoms with E-state index < -0.39 is 0 Å². The minimum atomic E-state index is 0.434. The van der Waals surface area contributed by atoms with Crippen LogP contribution in [-0.2, 0) is 7.05 Å². The summed E-state index contributed by atoms with van der Waals surface area (Å²) in [6.07, 6.45) is 12.1. The second-order valence-corrected chi connectivity index (χ2v) is 6.50. The predicted octanol–water partition coefficient (Wildman–Crippen LogP) is 2.37. The second kappa shape index (κ2) is 5.51. The molecule has 0 aromatic carbocycles.